The maximum Gasteiger partial charge on any atom is 0.263 e. The van der Waals surface area contributed by atoms with Crippen LogP contribution < -0.4 is 10.6 Å². The Labute approximate surface area is 144 Å². The predicted octanol–water partition coefficient (Wildman–Crippen LogP) is 0.927. The predicted molar refractivity (Wildman–Crippen MR) is 90.8 cm³/mol. The zero-order valence-electron chi connectivity index (χ0n) is 14.6. The molecule has 1 rings (SSSR count). The Morgan fingerprint density at radius 1 is 1.42 bits per heavy atom. The Morgan fingerprint density at radius 3 is 2.83 bits per heavy atom. The summed E-state index contributed by atoms with van der Waals surface area (Å²) in [6.45, 7) is 7.14. The summed E-state index contributed by atoms with van der Waals surface area (Å²) in [6, 6.07) is 1.89. The van der Waals surface area contributed by atoms with Gasteiger partial charge in [0.15, 0.2) is 0 Å². The Balaban J connectivity index is 2.17. The summed E-state index contributed by atoms with van der Waals surface area (Å²) in [5.74, 6) is -0.208. The Bertz CT molecular complexity index is 483. The molecule has 1 aliphatic rings. The Kier molecular flexibility index (Phi) is 9.54. The van der Waals surface area contributed by atoms with Crippen LogP contribution in [-0.2, 0) is 14.3 Å². The molecule has 1 saturated heterocycles. The lowest BCUT2D eigenvalue weighted by molar-refractivity contribution is -0.127. The van der Waals surface area contributed by atoms with Gasteiger partial charge < -0.3 is 20.3 Å². The van der Waals surface area contributed by atoms with Crippen molar-refractivity contribution in [3.63, 3.8) is 0 Å². The minimum absolute atomic E-state index is 0.0528. The van der Waals surface area contributed by atoms with Gasteiger partial charge in [0, 0.05) is 45.4 Å². The zero-order chi connectivity index (χ0) is 17.8. The van der Waals surface area contributed by atoms with Crippen molar-refractivity contribution >= 4 is 11.8 Å². The van der Waals surface area contributed by atoms with E-state index in [0.29, 0.717) is 39.1 Å². The maximum atomic E-state index is 11.9. The summed E-state index contributed by atoms with van der Waals surface area (Å²) in [5.41, 5.74) is 0.0528. The molecule has 7 heteroatoms. The van der Waals surface area contributed by atoms with Crippen molar-refractivity contribution in [3.8, 4) is 6.07 Å². The molecule has 0 aliphatic carbocycles. The molecule has 7 nitrogen and oxygen atoms in total. The second-order valence-corrected chi connectivity index (χ2v) is 5.99. The standard InChI is InChI=1S/C17H28N4O3/c1-14(2)24-11-5-7-19-13-15(12-18)17(23)20-8-4-10-21-9-3-6-16(21)22/h13-14,19H,3-11H2,1-2H3,(H,20,23)/b15-13-. The van der Waals surface area contributed by atoms with Crippen molar-refractivity contribution in [1.29, 1.82) is 5.26 Å². The molecule has 24 heavy (non-hydrogen) atoms. The number of carbonyl (C=O) groups excluding carboxylic acids is 2. The van der Waals surface area contributed by atoms with E-state index in [2.05, 4.69) is 10.6 Å². The third-order valence-corrected chi connectivity index (χ3v) is 3.59. The van der Waals surface area contributed by atoms with Crippen LogP contribution in [0.5, 0.6) is 0 Å². The van der Waals surface area contributed by atoms with E-state index in [-0.39, 0.29) is 17.6 Å². The number of likely N-dealkylation sites (tertiary alicyclic amines) is 1. The van der Waals surface area contributed by atoms with E-state index in [1.807, 2.05) is 24.8 Å². The minimum Gasteiger partial charge on any atom is -0.390 e. The van der Waals surface area contributed by atoms with Gasteiger partial charge in [0.2, 0.25) is 5.91 Å². The number of rotatable bonds is 11. The summed E-state index contributed by atoms with van der Waals surface area (Å²) >= 11 is 0. The number of nitriles is 1. The molecule has 1 heterocycles. The molecule has 0 spiro atoms. The molecule has 2 N–H and O–H groups in total. The fourth-order valence-corrected chi connectivity index (χ4v) is 2.32. The van der Waals surface area contributed by atoms with Gasteiger partial charge in [-0.3, -0.25) is 9.59 Å². The highest BCUT2D eigenvalue weighted by Crippen LogP contribution is 2.09. The lowest BCUT2D eigenvalue weighted by atomic mass is 10.3. The molecule has 0 saturated carbocycles. The molecule has 1 aliphatic heterocycles. The van der Waals surface area contributed by atoms with Crippen LogP contribution in [0.3, 0.4) is 0 Å². The second-order valence-electron chi connectivity index (χ2n) is 5.99. The number of hydrogen-bond donors (Lipinski definition) is 2. The van der Waals surface area contributed by atoms with E-state index in [9.17, 15) is 9.59 Å². The van der Waals surface area contributed by atoms with Crippen molar-refractivity contribution in [2.45, 2.75) is 45.6 Å². The van der Waals surface area contributed by atoms with Gasteiger partial charge in [-0.15, -0.1) is 0 Å². The SMILES string of the molecule is CC(C)OCCCN/C=C(/C#N)C(=O)NCCCN1CCCC1=O. The number of nitrogens with one attached hydrogen (secondary N) is 2. The third kappa shape index (κ3) is 7.97. The van der Waals surface area contributed by atoms with Crippen molar-refractivity contribution < 1.29 is 14.3 Å². The van der Waals surface area contributed by atoms with Crippen LogP contribution >= 0.6 is 0 Å². The molecular formula is C17H28N4O3. The molecule has 134 valence electrons. The average molecular weight is 336 g/mol. The highest BCUT2D eigenvalue weighted by molar-refractivity contribution is 5.97. The third-order valence-electron chi connectivity index (χ3n) is 3.59. The smallest absolute Gasteiger partial charge is 0.263 e. The van der Waals surface area contributed by atoms with Gasteiger partial charge in [-0.1, -0.05) is 0 Å². The van der Waals surface area contributed by atoms with Gasteiger partial charge in [0.25, 0.3) is 5.91 Å². The number of nitrogens with zero attached hydrogens (tertiary/aromatic N) is 2. The Hall–Kier alpha value is -2.07. The molecular weight excluding hydrogens is 308 g/mol. The normalized spacial score (nSPS) is 14.8. The Morgan fingerprint density at radius 2 is 2.21 bits per heavy atom. The van der Waals surface area contributed by atoms with Gasteiger partial charge in [-0.2, -0.15) is 5.26 Å². The van der Waals surface area contributed by atoms with Crippen LogP contribution in [0.15, 0.2) is 11.8 Å². The van der Waals surface area contributed by atoms with Gasteiger partial charge in [0.05, 0.1) is 6.10 Å². The maximum absolute atomic E-state index is 11.9. The van der Waals surface area contributed by atoms with Crippen molar-refractivity contribution in [3.05, 3.63) is 11.8 Å². The molecule has 0 unspecified atom stereocenters. The van der Waals surface area contributed by atoms with Gasteiger partial charge in [-0.05, 0) is 33.1 Å². The van der Waals surface area contributed by atoms with Crippen LogP contribution in [0.1, 0.15) is 39.5 Å². The largest absolute Gasteiger partial charge is 0.390 e. The highest BCUT2D eigenvalue weighted by Gasteiger charge is 2.19. The molecule has 0 atom stereocenters. The zero-order valence-corrected chi connectivity index (χ0v) is 14.6. The van der Waals surface area contributed by atoms with Crippen LogP contribution in [0.4, 0.5) is 0 Å². The van der Waals surface area contributed by atoms with Crippen LogP contribution in [0.25, 0.3) is 0 Å². The molecule has 0 bridgehead atoms. The first-order chi connectivity index (χ1) is 11.5. The van der Waals surface area contributed by atoms with Crippen molar-refractivity contribution in [2.24, 2.45) is 0 Å². The van der Waals surface area contributed by atoms with E-state index < -0.39 is 5.91 Å². The summed E-state index contributed by atoms with van der Waals surface area (Å²) in [5, 5.41) is 14.7. The summed E-state index contributed by atoms with van der Waals surface area (Å²) < 4.78 is 5.40. The monoisotopic (exact) mass is 336 g/mol. The minimum atomic E-state index is -0.392. The molecule has 2 amide bonds. The van der Waals surface area contributed by atoms with E-state index in [1.165, 1.54) is 6.20 Å². The molecule has 0 aromatic carbocycles. The molecule has 0 aromatic heterocycles. The van der Waals surface area contributed by atoms with E-state index in [0.717, 1.165) is 19.4 Å². The first-order valence-corrected chi connectivity index (χ1v) is 8.56. The van der Waals surface area contributed by atoms with E-state index >= 15 is 0 Å². The van der Waals surface area contributed by atoms with Crippen molar-refractivity contribution in [2.75, 3.05) is 32.8 Å². The number of hydrogen-bond acceptors (Lipinski definition) is 5. The number of carbonyl (C=O) groups is 2. The fraction of sp³-hybridized carbons (Fsp3) is 0.706. The first-order valence-electron chi connectivity index (χ1n) is 8.56. The van der Waals surface area contributed by atoms with Gasteiger partial charge >= 0.3 is 0 Å². The quantitative estimate of drug-likeness (QED) is 0.332. The van der Waals surface area contributed by atoms with Crippen molar-refractivity contribution in [1.82, 2.24) is 15.5 Å². The highest BCUT2D eigenvalue weighted by atomic mass is 16.5. The lowest BCUT2D eigenvalue weighted by Gasteiger charge is -2.15. The van der Waals surface area contributed by atoms with E-state index in [1.54, 1.807) is 0 Å². The fourth-order valence-electron chi connectivity index (χ4n) is 2.32. The molecule has 1 fully saturated rings. The van der Waals surface area contributed by atoms with Gasteiger partial charge in [-0.25, -0.2) is 0 Å². The first kappa shape index (κ1) is 20.0. The topological polar surface area (TPSA) is 94.5 Å². The second kappa shape index (κ2) is 11.5. The van der Waals surface area contributed by atoms with Crippen LogP contribution in [0.2, 0.25) is 0 Å². The van der Waals surface area contributed by atoms with Crippen LogP contribution in [0, 0.1) is 11.3 Å². The summed E-state index contributed by atoms with van der Waals surface area (Å²) in [6.07, 6.45) is 4.68. The van der Waals surface area contributed by atoms with Gasteiger partial charge in [0.1, 0.15) is 11.6 Å². The number of ether oxygens (including phenoxy) is 1. The molecule has 0 aromatic rings. The van der Waals surface area contributed by atoms with E-state index in [4.69, 9.17) is 10.00 Å². The molecule has 0 radical (unpaired) electrons. The summed E-state index contributed by atoms with van der Waals surface area (Å²) in [7, 11) is 0. The van der Waals surface area contributed by atoms with Crippen LogP contribution in [-0.4, -0.2) is 55.6 Å². The summed E-state index contributed by atoms with van der Waals surface area (Å²) in [4.78, 5) is 25.2. The number of amides is 2. The average Bonchev–Trinajstić information content (AvgIpc) is 2.95. The lowest BCUT2D eigenvalue weighted by Crippen LogP contribution is -2.31.